The Balaban J connectivity index is 1.48. The highest BCUT2D eigenvalue weighted by molar-refractivity contribution is 5.92. The van der Waals surface area contributed by atoms with Crippen LogP contribution in [-0.2, 0) is 17.9 Å². The molecule has 0 bridgehead atoms. The Hall–Kier alpha value is -4.54. The number of aryl methyl sites for hydroxylation is 1. The zero-order valence-corrected chi connectivity index (χ0v) is 20.6. The SMILES string of the molecule is CCCN(CC(=O)N(Cc1ccc2c(c1)OCO2)Cc1ccc(C)o1)C(=O)Nc1ccc([N+](=O)[O-])cc1. The van der Waals surface area contributed by atoms with Crippen LogP contribution >= 0.6 is 0 Å². The van der Waals surface area contributed by atoms with E-state index in [0.29, 0.717) is 35.9 Å². The van der Waals surface area contributed by atoms with Gasteiger partial charge in [0, 0.05) is 30.9 Å². The van der Waals surface area contributed by atoms with Gasteiger partial charge in [0.05, 0.1) is 11.5 Å². The van der Waals surface area contributed by atoms with Crippen LogP contribution in [0.5, 0.6) is 11.5 Å². The molecule has 4 rings (SSSR count). The van der Waals surface area contributed by atoms with Crippen molar-refractivity contribution in [3.05, 3.63) is 81.8 Å². The van der Waals surface area contributed by atoms with E-state index in [0.717, 1.165) is 11.3 Å². The van der Waals surface area contributed by atoms with E-state index in [4.69, 9.17) is 13.9 Å². The second-order valence-corrected chi connectivity index (χ2v) is 8.61. The highest BCUT2D eigenvalue weighted by atomic mass is 16.7. The number of carbonyl (C=O) groups excluding carboxylic acids is 2. The minimum absolute atomic E-state index is 0.0779. The van der Waals surface area contributed by atoms with E-state index in [-0.39, 0.29) is 38.0 Å². The number of fused-ring (bicyclic) bond motifs is 1. The van der Waals surface area contributed by atoms with Crippen molar-refractivity contribution in [2.24, 2.45) is 0 Å². The number of nitrogens with one attached hydrogen (secondary N) is 1. The number of ether oxygens (including phenoxy) is 2. The first kappa shape index (κ1) is 25.5. The zero-order chi connectivity index (χ0) is 26.4. The minimum atomic E-state index is -0.511. The lowest BCUT2D eigenvalue weighted by molar-refractivity contribution is -0.384. The van der Waals surface area contributed by atoms with Gasteiger partial charge >= 0.3 is 6.03 Å². The van der Waals surface area contributed by atoms with Crippen LogP contribution in [0.1, 0.15) is 30.4 Å². The molecule has 1 aliphatic heterocycles. The Kier molecular flexibility index (Phi) is 7.92. The molecule has 1 aromatic heterocycles. The third-order valence-corrected chi connectivity index (χ3v) is 5.74. The van der Waals surface area contributed by atoms with Gasteiger partial charge in [-0.15, -0.1) is 0 Å². The lowest BCUT2D eigenvalue weighted by Crippen LogP contribution is -2.44. The fraction of sp³-hybridized carbons (Fsp3) is 0.308. The summed E-state index contributed by atoms with van der Waals surface area (Å²) < 4.78 is 16.5. The fourth-order valence-electron chi connectivity index (χ4n) is 3.90. The first-order chi connectivity index (χ1) is 17.8. The Morgan fingerprint density at radius 1 is 1.00 bits per heavy atom. The van der Waals surface area contributed by atoms with Crippen LogP contribution in [0.4, 0.5) is 16.2 Å². The van der Waals surface area contributed by atoms with Gasteiger partial charge in [-0.3, -0.25) is 14.9 Å². The normalized spacial score (nSPS) is 11.7. The van der Waals surface area contributed by atoms with Crippen LogP contribution in [-0.4, -0.2) is 46.5 Å². The van der Waals surface area contributed by atoms with Crippen LogP contribution in [0.2, 0.25) is 0 Å². The summed E-state index contributed by atoms with van der Waals surface area (Å²) in [5, 5.41) is 13.6. The molecule has 194 valence electrons. The van der Waals surface area contributed by atoms with Crippen molar-refractivity contribution in [2.75, 3.05) is 25.2 Å². The molecule has 0 fully saturated rings. The maximum Gasteiger partial charge on any atom is 0.322 e. The van der Waals surface area contributed by atoms with Crippen molar-refractivity contribution >= 4 is 23.3 Å². The van der Waals surface area contributed by atoms with Gasteiger partial charge in [-0.2, -0.15) is 0 Å². The van der Waals surface area contributed by atoms with E-state index in [9.17, 15) is 19.7 Å². The van der Waals surface area contributed by atoms with Gasteiger partial charge in [0.15, 0.2) is 11.5 Å². The lowest BCUT2D eigenvalue weighted by Gasteiger charge is -2.27. The first-order valence-electron chi connectivity index (χ1n) is 11.8. The number of hydrogen-bond donors (Lipinski definition) is 1. The Labute approximate surface area is 213 Å². The van der Waals surface area contributed by atoms with Crippen LogP contribution in [0.3, 0.4) is 0 Å². The summed E-state index contributed by atoms with van der Waals surface area (Å²) in [6, 6.07) is 14.2. The van der Waals surface area contributed by atoms with Gasteiger partial charge < -0.3 is 29.0 Å². The maximum absolute atomic E-state index is 13.5. The summed E-state index contributed by atoms with van der Waals surface area (Å²) in [4.78, 5) is 39.9. The Bertz CT molecular complexity index is 1270. The average Bonchev–Trinajstić information content (AvgIpc) is 3.51. The molecule has 3 amide bonds. The van der Waals surface area contributed by atoms with Crippen LogP contribution in [0, 0.1) is 17.0 Å². The number of hydrogen-bond acceptors (Lipinski definition) is 7. The molecule has 2 heterocycles. The number of anilines is 1. The quantitative estimate of drug-likeness (QED) is 0.311. The number of carbonyl (C=O) groups is 2. The smallest absolute Gasteiger partial charge is 0.322 e. The topological polar surface area (TPSA) is 127 Å². The largest absolute Gasteiger partial charge is 0.464 e. The fourth-order valence-corrected chi connectivity index (χ4v) is 3.90. The molecule has 0 spiro atoms. The molecule has 0 radical (unpaired) electrons. The monoisotopic (exact) mass is 508 g/mol. The van der Waals surface area contributed by atoms with E-state index in [2.05, 4.69) is 5.32 Å². The lowest BCUT2D eigenvalue weighted by atomic mass is 10.2. The molecule has 0 unspecified atom stereocenters. The molecule has 1 aliphatic rings. The molecule has 11 nitrogen and oxygen atoms in total. The highest BCUT2D eigenvalue weighted by Crippen LogP contribution is 2.33. The summed E-state index contributed by atoms with van der Waals surface area (Å²) in [5.74, 6) is 2.37. The molecule has 0 saturated carbocycles. The molecule has 2 aromatic carbocycles. The third kappa shape index (κ3) is 6.57. The molecule has 0 aliphatic carbocycles. The summed E-state index contributed by atoms with van der Waals surface area (Å²) in [6.07, 6.45) is 0.639. The predicted octanol–water partition coefficient (Wildman–Crippen LogP) is 4.70. The number of nitro benzene ring substituents is 1. The third-order valence-electron chi connectivity index (χ3n) is 5.74. The van der Waals surface area contributed by atoms with Gasteiger partial charge in [-0.05, 0) is 55.3 Å². The number of urea groups is 1. The van der Waals surface area contributed by atoms with E-state index in [1.165, 1.54) is 29.2 Å². The summed E-state index contributed by atoms with van der Waals surface area (Å²) in [7, 11) is 0. The second kappa shape index (κ2) is 11.5. The van der Waals surface area contributed by atoms with E-state index in [1.807, 2.05) is 38.1 Å². The number of amides is 3. The minimum Gasteiger partial charge on any atom is -0.464 e. The van der Waals surface area contributed by atoms with E-state index in [1.54, 1.807) is 11.0 Å². The number of rotatable bonds is 10. The maximum atomic E-state index is 13.5. The van der Waals surface area contributed by atoms with Crippen molar-refractivity contribution in [1.29, 1.82) is 0 Å². The summed E-state index contributed by atoms with van der Waals surface area (Å²) in [5.41, 5.74) is 1.16. The number of furan rings is 1. The number of nitro groups is 1. The molecule has 3 aromatic rings. The number of non-ortho nitro benzene ring substituents is 1. The average molecular weight is 509 g/mol. The van der Waals surface area contributed by atoms with E-state index < -0.39 is 11.0 Å². The second-order valence-electron chi connectivity index (χ2n) is 8.61. The van der Waals surface area contributed by atoms with Gasteiger partial charge in [-0.25, -0.2) is 4.79 Å². The molecular weight excluding hydrogens is 480 g/mol. The van der Waals surface area contributed by atoms with Crippen molar-refractivity contribution in [2.45, 2.75) is 33.4 Å². The molecule has 37 heavy (non-hydrogen) atoms. The summed E-state index contributed by atoms with van der Waals surface area (Å²) >= 11 is 0. The van der Waals surface area contributed by atoms with Gasteiger partial charge in [0.25, 0.3) is 5.69 Å². The molecular formula is C26H28N4O7. The first-order valence-corrected chi connectivity index (χ1v) is 11.8. The number of benzene rings is 2. The standard InChI is InChI=1S/C26H28N4O7/c1-3-12-28(26(32)27-20-6-8-21(9-7-20)30(33)34)16-25(31)29(15-22-10-4-18(2)37-22)14-19-5-11-23-24(13-19)36-17-35-23/h4-11,13H,3,12,14-17H2,1-2H3,(H,27,32). The zero-order valence-electron chi connectivity index (χ0n) is 20.6. The molecule has 0 saturated heterocycles. The molecule has 1 N–H and O–H groups in total. The van der Waals surface area contributed by atoms with Gasteiger partial charge in [-0.1, -0.05) is 13.0 Å². The van der Waals surface area contributed by atoms with Crippen LogP contribution in [0.25, 0.3) is 0 Å². The van der Waals surface area contributed by atoms with Crippen LogP contribution < -0.4 is 14.8 Å². The molecule has 11 heteroatoms. The Morgan fingerprint density at radius 3 is 2.43 bits per heavy atom. The van der Waals surface area contributed by atoms with Crippen molar-refractivity contribution < 1.29 is 28.4 Å². The van der Waals surface area contributed by atoms with Gasteiger partial charge in [0.1, 0.15) is 18.1 Å². The van der Waals surface area contributed by atoms with E-state index >= 15 is 0 Å². The van der Waals surface area contributed by atoms with Crippen LogP contribution in [0.15, 0.2) is 59.0 Å². The van der Waals surface area contributed by atoms with Crippen molar-refractivity contribution in [3.63, 3.8) is 0 Å². The van der Waals surface area contributed by atoms with Gasteiger partial charge in [0.2, 0.25) is 12.7 Å². The summed E-state index contributed by atoms with van der Waals surface area (Å²) in [6.45, 7) is 4.60. The highest BCUT2D eigenvalue weighted by Gasteiger charge is 2.23. The van der Waals surface area contributed by atoms with Crippen molar-refractivity contribution in [3.8, 4) is 11.5 Å². The Morgan fingerprint density at radius 2 is 1.76 bits per heavy atom. The molecule has 0 atom stereocenters. The number of nitrogens with zero attached hydrogens (tertiary/aromatic N) is 3. The predicted molar refractivity (Wildman–Crippen MR) is 134 cm³/mol. The van der Waals surface area contributed by atoms with Crippen molar-refractivity contribution in [1.82, 2.24) is 9.80 Å².